The van der Waals surface area contributed by atoms with Gasteiger partial charge in [0.15, 0.2) is 5.13 Å². The van der Waals surface area contributed by atoms with E-state index in [0.717, 1.165) is 29.6 Å². The molecule has 0 saturated heterocycles. The first-order valence-corrected chi connectivity index (χ1v) is 7.77. The number of anilines is 2. The van der Waals surface area contributed by atoms with E-state index in [2.05, 4.69) is 22.5 Å². The molecule has 0 bridgehead atoms. The van der Waals surface area contributed by atoms with E-state index in [0.29, 0.717) is 16.5 Å². The molecule has 1 aromatic heterocycles. The van der Waals surface area contributed by atoms with E-state index in [-0.39, 0.29) is 0 Å². The van der Waals surface area contributed by atoms with Crippen LogP contribution < -0.4 is 20.1 Å². The first-order chi connectivity index (χ1) is 10.2. The summed E-state index contributed by atoms with van der Waals surface area (Å²) in [7, 11) is 3.18. The van der Waals surface area contributed by atoms with E-state index in [1.165, 1.54) is 0 Å². The summed E-state index contributed by atoms with van der Waals surface area (Å²) >= 11 is 7.63. The molecule has 0 radical (unpaired) electrons. The molecule has 0 spiro atoms. The van der Waals surface area contributed by atoms with Crippen LogP contribution in [-0.2, 0) is 6.54 Å². The Hall–Kier alpha value is -1.50. The largest absolute Gasteiger partial charge is 0.495 e. The predicted octanol–water partition coefficient (Wildman–Crippen LogP) is 3.67. The summed E-state index contributed by atoms with van der Waals surface area (Å²) in [5.74, 6) is 1.23. The molecule has 1 heterocycles. The Morgan fingerprint density at radius 2 is 2.00 bits per heavy atom. The molecule has 0 saturated carbocycles. The van der Waals surface area contributed by atoms with Crippen LogP contribution in [0.4, 0.5) is 10.8 Å². The number of nitrogens with one attached hydrogen (secondary N) is 2. The van der Waals surface area contributed by atoms with Gasteiger partial charge < -0.3 is 20.1 Å². The van der Waals surface area contributed by atoms with Crippen molar-refractivity contribution in [1.82, 2.24) is 10.3 Å². The minimum atomic E-state index is 0.506. The van der Waals surface area contributed by atoms with Crippen molar-refractivity contribution in [3.05, 3.63) is 28.2 Å². The third kappa shape index (κ3) is 4.00. The van der Waals surface area contributed by atoms with Crippen molar-refractivity contribution >= 4 is 33.8 Å². The van der Waals surface area contributed by atoms with Gasteiger partial charge in [0, 0.05) is 24.1 Å². The third-order valence-electron chi connectivity index (χ3n) is 2.82. The lowest BCUT2D eigenvalue weighted by molar-refractivity contribution is 0.405. The number of hydrogen-bond donors (Lipinski definition) is 2. The van der Waals surface area contributed by atoms with Gasteiger partial charge in [0.2, 0.25) is 0 Å². The van der Waals surface area contributed by atoms with Gasteiger partial charge in [-0.15, -0.1) is 11.3 Å². The van der Waals surface area contributed by atoms with E-state index in [1.54, 1.807) is 37.7 Å². The van der Waals surface area contributed by atoms with E-state index in [1.807, 2.05) is 5.38 Å². The van der Waals surface area contributed by atoms with Crippen LogP contribution in [0.3, 0.4) is 0 Å². The molecule has 114 valence electrons. The molecular weight excluding hydrogens is 310 g/mol. The highest BCUT2D eigenvalue weighted by molar-refractivity contribution is 7.13. The van der Waals surface area contributed by atoms with Crippen LogP contribution in [0, 0.1) is 0 Å². The minimum Gasteiger partial charge on any atom is -0.495 e. The van der Waals surface area contributed by atoms with Gasteiger partial charge in [0.1, 0.15) is 11.5 Å². The van der Waals surface area contributed by atoms with Gasteiger partial charge in [0.05, 0.1) is 30.6 Å². The van der Waals surface area contributed by atoms with E-state index in [9.17, 15) is 0 Å². The van der Waals surface area contributed by atoms with Crippen molar-refractivity contribution in [3.8, 4) is 11.5 Å². The average Bonchev–Trinajstić information content (AvgIpc) is 2.94. The highest BCUT2D eigenvalue weighted by atomic mass is 35.5. The summed E-state index contributed by atoms with van der Waals surface area (Å²) in [5, 5.41) is 9.80. The number of aromatic nitrogens is 1. The fraction of sp³-hybridized carbons (Fsp3) is 0.357. The summed E-state index contributed by atoms with van der Waals surface area (Å²) < 4.78 is 10.6. The molecule has 0 aliphatic carbocycles. The first-order valence-electron chi connectivity index (χ1n) is 6.51. The number of rotatable bonds is 7. The lowest BCUT2D eigenvalue weighted by Crippen LogP contribution is -2.11. The number of nitrogens with zero attached hydrogens (tertiary/aromatic N) is 1. The zero-order chi connectivity index (χ0) is 15.2. The van der Waals surface area contributed by atoms with Gasteiger partial charge in [-0.05, 0) is 6.54 Å². The fourth-order valence-electron chi connectivity index (χ4n) is 1.77. The van der Waals surface area contributed by atoms with Crippen LogP contribution in [0.15, 0.2) is 17.5 Å². The second-order valence-corrected chi connectivity index (χ2v) is 5.50. The summed E-state index contributed by atoms with van der Waals surface area (Å²) in [6, 6.07) is 3.52. The summed E-state index contributed by atoms with van der Waals surface area (Å²) in [6.07, 6.45) is 0. The van der Waals surface area contributed by atoms with Gasteiger partial charge in [0.25, 0.3) is 0 Å². The number of halogens is 1. The van der Waals surface area contributed by atoms with Crippen molar-refractivity contribution in [2.24, 2.45) is 0 Å². The van der Waals surface area contributed by atoms with Crippen LogP contribution in [0.5, 0.6) is 11.5 Å². The van der Waals surface area contributed by atoms with Crippen LogP contribution >= 0.6 is 22.9 Å². The number of ether oxygens (including phenoxy) is 2. The van der Waals surface area contributed by atoms with Crippen molar-refractivity contribution < 1.29 is 9.47 Å². The molecule has 2 rings (SSSR count). The van der Waals surface area contributed by atoms with Crippen LogP contribution in [0.25, 0.3) is 0 Å². The fourth-order valence-corrected chi connectivity index (χ4v) is 2.73. The molecular formula is C14H18ClN3O2S. The van der Waals surface area contributed by atoms with Crippen molar-refractivity contribution in [2.45, 2.75) is 13.5 Å². The average molecular weight is 328 g/mol. The maximum atomic E-state index is 6.09. The van der Waals surface area contributed by atoms with E-state index >= 15 is 0 Å². The molecule has 21 heavy (non-hydrogen) atoms. The molecule has 2 aromatic rings. The number of thiazole rings is 1. The van der Waals surface area contributed by atoms with Crippen molar-refractivity contribution in [2.75, 3.05) is 26.1 Å². The second-order valence-electron chi connectivity index (χ2n) is 4.24. The molecule has 7 heteroatoms. The van der Waals surface area contributed by atoms with Crippen molar-refractivity contribution in [1.29, 1.82) is 0 Å². The zero-order valence-electron chi connectivity index (χ0n) is 12.2. The van der Waals surface area contributed by atoms with E-state index < -0.39 is 0 Å². The number of hydrogen-bond acceptors (Lipinski definition) is 6. The Bertz CT molecular complexity index is 604. The Balaban J connectivity index is 2.19. The standard InChI is InChI=1S/C14H18ClN3O2S/c1-4-16-7-9-8-21-14(17-9)18-11-6-12(19-2)10(15)5-13(11)20-3/h5-6,8,16H,4,7H2,1-3H3,(H,17,18). The molecule has 0 amide bonds. The van der Waals surface area contributed by atoms with Gasteiger partial charge >= 0.3 is 0 Å². The summed E-state index contributed by atoms with van der Waals surface area (Å²) in [4.78, 5) is 4.51. The quantitative estimate of drug-likeness (QED) is 0.812. The maximum absolute atomic E-state index is 6.09. The SMILES string of the molecule is CCNCc1csc(Nc2cc(OC)c(Cl)cc2OC)n1. The third-order valence-corrected chi connectivity index (χ3v) is 3.93. The Labute approximate surface area is 133 Å². The molecule has 2 N–H and O–H groups in total. The highest BCUT2D eigenvalue weighted by Gasteiger charge is 2.11. The van der Waals surface area contributed by atoms with Gasteiger partial charge in [-0.25, -0.2) is 4.98 Å². The normalized spacial score (nSPS) is 10.5. The zero-order valence-corrected chi connectivity index (χ0v) is 13.8. The molecule has 0 fully saturated rings. The second kappa shape index (κ2) is 7.49. The van der Waals surface area contributed by atoms with Crippen LogP contribution in [-0.4, -0.2) is 25.7 Å². The first kappa shape index (κ1) is 15.9. The molecule has 0 aliphatic heterocycles. The molecule has 0 unspecified atom stereocenters. The Morgan fingerprint density at radius 1 is 1.24 bits per heavy atom. The molecule has 0 aliphatic rings. The predicted molar refractivity (Wildman–Crippen MR) is 87.3 cm³/mol. The molecule has 1 aromatic carbocycles. The van der Waals surface area contributed by atoms with E-state index in [4.69, 9.17) is 21.1 Å². The number of benzene rings is 1. The maximum Gasteiger partial charge on any atom is 0.187 e. The van der Waals surface area contributed by atoms with Gasteiger partial charge in [-0.1, -0.05) is 18.5 Å². The molecule has 0 atom stereocenters. The lowest BCUT2D eigenvalue weighted by atomic mass is 10.2. The summed E-state index contributed by atoms with van der Waals surface area (Å²) in [6.45, 7) is 3.74. The van der Waals surface area contributed by atoms with Gasteiger partial charge in [-0.2, -0.15) is 0 Å². The van der Waals surface area contributed by atoms with Crippen LogP contribution in [0.2, 0.25) is 5.02 Å². The highest BCUT2D eigenvalue weighted by Crippen LogP contribution is 2.37. The topological polar surface area (TPSA) is 55.4 Å². The smallest absolute Gasteiger partial charge is 0.187 e. The summed E-state index contributed by atoms with van der Waals surface area (Å²) in [5.41, 5.74) is 1.77. The Kier molecular flexibility index (Phi) is 5.67. The molecule has 5 nitrogen and oxygen atoms in total. The number of methoxy groups -OCH3 is 2. The monoisotopic (exact) mass is 327 g/mol. The van der Waals surface area contributed by atoms with Crippen LogP contribution in [0.1, 0.15) is 12.6 Å². The van der Waals surface area contributed by atoms with Gasteiger partial charge in [-0.3, -0.25) is 0 Å². The lowest BCUT2D eigenvalue weighted by Gasteiger charge is -2.12. The minimum absolute atomic E-state index is 0.506. The Morgan fingerprint density at radius 3 is 2.67 bits per heavy atom. The van der Waals surface area contributed by atoms with Crippen molar-refractivity contribution in [3.63, 3.8) is 0 Å².